The first-order chi connectivity index (χ1) is 16.0. The number of imidazole rings is 1. The van der Waals surface area contributed by atoms with E-state index in [1.54, 1.807) is 60.7 Å². The molecule has 0 amide bonds. The number of rotatable bonds is 7. The monoisotopic (exact) mass is 507 g/mol. The lowest BCUT2D eigenvalue weighted by molar-refractivity contribution is -0.0379. The van der Waals surface area contributed by atoms with E-state index in [0.717, 1.165) is 17.6 Å². The minimum absolute atomic E-state index is 0.106. The normalized spacial score (nSPS) is 13.2. The predicted octanol–water partition coefficient (Wildman–Crippen LogP) is 5.01. The van der Waals surface area contributed by atoms with Crippen LogP contribution in [0.5, 0.6) is 0 Å². The number of aryl methyl sites for hydroxylation is 2. The lowest BCUT2D eigenvalue weighted by Crippen LogP contribution is -2.23. The molecule has 178 valence electrons. The van der Waals surface area contributed by atoms with Gasteiger partial charge < -0.3 is 4.98 Å². The molecule has 4 aromatic rings. The fourth-order valence-electron chi connectivity index (χ4n) is 3.50. The Kier molecular flexibility index (Phi) is 6.50. The Balaban J connectivity index is 1.54. The number of aromatic nitrogens is 2. The van der Waals surface area contributed by atoms with Crippen molar-refractivity contribution in [3.05, 3.63) is 78.1 Å². The Morgan fingerprint density at radius 1 is 1.00 bits per heavy atom. The number of H-pyrrole nitrogens is 1. The van der Waals surface area contributed by atoms with E-state index >= 15 is 0 Å². The van der Waals surface area contributed by atoms with Crippen molar-refractivity contribution in [3.63, 3.8) is 0 Å². The molecule has 0 aliphatic rings. The molecule has 0 aliphatic carbocycles. The molecule has 0 bridgehead atoms. The molecule has 4 rings (SSSR count). The number of alkyl halides is 3. The Bertz CT molecular complexity index is 1460. The van der Waals surface area contributed by atoms with Crippen molar-refractivity contribution in [1.29, 1.82) is 0 Å². The summed E-state index contributed by atoms with van der Waals surface area (Å²) in [5.41, 5.74) is -1.27. The average Bonchev–Trinajstić information content (AvgIpc) is 3.19. The summed E-state index contributed by atoms with van der Waals surface area (Å²) in [5.74, 6) is 0.726. The SMILES string of the molecule is CS(=O)(=O)c1ccc(CCc2nc3ccc(-c4ccccc4NS(=O)C(F)(F)F)cc3[nH]2)cc1. The zero-order valence-electron chi connectivity index (χ0n) is 17.9. The summed E-state index contributed by atoms with van der Waals surface area (Å²) in [5, 5.41) is 0. The third-order valence-corrected chi connectivity index (χ3v) is 7.14. The number of sulfone groups is 1. The van der Waals surface area contributed by atoms with E-state index in [0.29, 0.717) is 35.0 Å². The quantitative estimate of drug-likeness (QED) is 0.368. The molecule has 0 radical (unpaired) electrons. The fourth-order valence-corrected chi connectivity index (χ4v) is 4.62. The molecule has 0 saturated carbocycles. The number of para-hydroxylation sites is 1. The number of anilines is 1. The molecular formula is C23H20F3N3O3S2. The number of nitrogens with one attached hydrogen (secondary N) is 2. The van der Waals surface area contributed by atoms with Crippen LogP contribution < -0.4 is 4.72 Å². The van der Waals surface area contributed by atoms with Gasteiger partial charge in [0, 0.05) is 18.2 Å². The van der Waals surface area contributed by atoms with Crippen LogP contribution in [-0.2, 0) is 33.7 Å². The van der Waals surface area contributed by atoms with E-state index in [-0.39, 0.29) is 10.6 Å². The van der Waals surface area contributed by atoms with Gasteiger partial charge in [0.25, 0.3) is 0 Å². The van der Waals surface area contributed by atoms with Gasteiger partial charge in [-0.15, -0.1) is 0 Å². The number of hydrogen-bond donors (Lipinski definition) is 2. The van der Waals surface area contributed by atoms with Crippen molar-refractivity contribution < 1.29 is 25.8 Å². The van der Waals surface area contributed by atoms with Crippen molar-refractivity contribution >= 4 is 37.5 Å². The lowest BCUT2D eigenvalue weighted by Gasteiger charge is -2.13. The van der Waals surface area contributed by atoms with Gasteiger partial charge in [-0.2, -0.15) is 13.2 Å². The van der Waals surface area contributed by atoms with Gasteiger partial charge in [0.2, 0.25) is 11.0 Å². The molecule has 0 aliphatic heterocycles. The van der Waals surface area contributed by atoms with Crippen molar-refractivity contribution in [2.75, 3.05) is 11.0 Å². The topological polar surface area (TPSA) is 91.9 Å². The summed E-state index contributed by atoms with van der Waals surface area (Å²) in [6.45, 7) is 0. The maximum absolute atomic E-state index is 12.7. The first-order valence-electron chi connectivity index (χ1n) is 10.1. The van der Waals surface area contributed by atoms with E-state index in [2.05, 4.69) is 9.97 Å². The van der Waals surface area contributed by atoms with Crippen molar-refractivity contribution in [1.82, 2.24) is 9.97 Å². The summed E-state index contributed by atoms with van der Waals surface area (Å²) < 4.78 is 75.0. The highest BCUT2D eigenvalue weighted by Crippen LogP contribution is 2.32. The summed E-state index contributed by atoms with van der Waals surface area (Å²) in [4.78, 5) is 8.05. The van der Waals surface area contributed by atoms with Gasteiger partial charge in [0.1, 0.15) is 5.82 Å². The van der Waals surface area contributed by atoms with E-state index in [4.69, 9.17) is 0 Å². The first-order valence-corrected chi connectivity index (χ1v) is 13.2. The smallest absolute Gasteiger partial charge is 0.342 e. The first kappa shape index (κ1) is 24.0. The molecule has 6 nitrogen and oxygen atoms in total. The fraction of sp³-hybridized carbons (Fsp3) is 0.174. The molecule has 34 heavy (non-hydrogen) atoms. The second-order valence-electron chi connectivity index (χ2n) is 7.69. The number of nitrogens with zero attached hydrogens (tertiary/aromatic N) is 1. The van der Waals surface area contributed by atoms with Crippen LogP contribution in [0.3, 0.4) is 0 Å². The standard InChI is InChI=1S/C23H20F3N3O3S2/c1-34(31,32)17-10-6-15(7-11-17)8-13-22-27-20-12-9-16(14-21(20)28-22)18-4-2-3-5-19(18)29-33(30)23(24,25)26/h2-7,9-12,14,29H,8,13H2,1H3,(H,27,28). The number of hydrogen-bond acceptors (Lipinski definition) is 4. The van der Waals surface area contributed by atoms with Gasteiger partial charge in [-0.1, -0.05) is 36.4 Å². The number of aromatic amines is 1. The molecular weight excluding hydrogens is 487 g/mol. The summed E-state index contributed by atoms with van der Waals surface area (Å²) in [7, 11) is -6.47. The Labute approximate surface area is 196 Å². The van der Waals surface area contributed by atoms with E-state index in [1.807, 2.05) is 4.72 Å². The summed E-state index contributed by atoms with van der Waals surface area (Å²) in [6, 6.07) is 18.3. The molecule has 1 aromatic heterocycles. The number of halogens is 3. The summed E-state index contributed by atoms with van der Waals surface area (Å²) >= 11 is 0. The van der Waals surface area contributed by atoms with E-state index in [9.17, 15) is 25.8 Å². The third-order valence-electron chi connectivity index (χ3n) is 5.18. The van der Waals surface area contributed by atoms with Gasteiger partial charge in [-0.3, -0.25) is 4.72 Å². The Morgan fingerprint density at radius 2 is 1.71 bits per heavy atom. The second-order valence-corrected chi connectivity index (χ2v) is 10.9. The van der Waals surface area contributed by atoms with Crippen LogP contribution in [-0.4, -0.2) is 34.4 Å². The van der Waals surface area contributed by atoms with Crippen LogP contribution in [0.1, 0.15) is 11.4 Å². The van der Waals surface area contributed by atoms with Crippen LogP contribution in [0.4, 0.5) is 18.9 Å². The minimum atomic E-state index is -4.87. The molecule has 1 unspecified atom stereocenters. The number of benzene rings is 3. The second kappa shape index (κ2) is 9.22. The molecule has 2 N–H and O–H groups in total. The maximum atomic E-state index is 12.7. The predicted molar refractivity (Wildman–Crippen MR) is 126 cm³/mol. The zero-order valence-corrected chi connectivity index (χ0v) is 19.5. The average molecular weight is 508 g/mol. The van der Waals surface area contributed by atoms with E-state index in [1.165, 1.54) is 6.07 Å². The minimum Gasteiger partial charge on any atom is -0.342 e. The van der Waals surface area contributed by atoms with Gasteiger partial charge in [0.15, 0.2) is 9.84 Å². The van der Waals surface area contributed by atoms with Crippen LogP contribution in [0, 0.1) is 0 Å². The summed E-state index contributed by atoms with van der Waals surface area (Å²) in [6.07, 6.45) is 2.40. The lowest BCUT2D eigenvalue weighted by atomic mass is 10.0. The Hall–Kier alpha value is -3.18. The van der Waals surface area contributed by atoms with Crippen molar-refractivity contribution in [3.8, 4) is 11.1 Å². The van der Waals surface area contributed by atoms with Gasteiger partial charge in [-0.25, -0.2) is 17.6 Å². The van der Waals surface area contributed by atoms with E-state index < -0.39 is 26.3 Å². The van der Waals surface area contributed by atoms with Crippen molar-refractivity contribution in [2.45, 2.75) is 23.2 Å². The van der Waals surface area contributed by atoms with Crippen molar-refractivity contribution in [2.24, 2.45) is 0 Å². The third kappa shape index (κ3) is 5.48. The van der Waals surface area contributed by atoms with Crippen LogP contribution >= 0.6 is 0 Å². The molecule has 0 spiro atoms. The largest absolute Gasteiger partial charge is 0.490 e. The van der Waals surface area contributed by atoms with Crippen LogP contribution in [0.15, 0.2) is 71.6 Å². The number of fused-ring (bicyclic) bond motifs is 1. The molecule has 0 saturated heterocycles. The van der Waals surface area contributed by atoms with Gasteiger partial charge in [0.05, 0.1) is 21.6 Å². The van der Waals surface area contributed by atoms with Crippen LogP contribution in [0.25, 0.3) is 22.2 Å². The van der Waals surface area contributed by atoms with Gasteiger partial charge in [-0.05, 0) is 47.9 Å². The molecule has 3 aromatic carbocycles. The molecule has 1 atom stereocenters. The molecule has 1 heterocycles. The zero-order chi connectivity index (χ0) is 24.5. The highest BCUT2D eigenvalue weighted by atomic mass is 32.2. The van der Waals surface area contributed by atoms with Crippen LogP contribution in [0.2, 0.25) is 0 Å². The highest BCUT2D eigenvalue weighted by molar-refractivity contribution is 7.90. The van der Waals surface area contributed by atoms with Gasteiger partial charge >= 0.3 is 5.51 Å². The maximum Gasteiger partial charge on any atom is 0.490 e. The highest BCUT2D eigenvalue weighted by Gasteiger charge is 2.37. The molecule has 11 heteroatoms. The molecule has 0 fully saturated rings. The Morgan fingerprint density at radius 3 is 2.38 bits per heavy atom.